The van der Waals surface area contributed by atoms with Gasteiger partial charge in [-0.3, -0.25) is 4.79 Å². The van der Waals surface area contributed by atoms with Gasteiger partial charge >= 0.3 is 0 Å². The second kappa shape index (κ2) is 6.94. The van der Waals surface area contributed by atoms with Crippen LogP contribution in [0.5, 0.6) is 11.5 Å². The van der Waals surface area contributed by atoms with Gasteiger partial charge in [-0.15, -0.1) is 0 Å². The molecule has 0 atom stereocenters. The lowest BCUT2D eigenvalue weighted by molar-refractivity contribution is 0.0987. The fraction of sp³-hybridized carbons (Fsp3) is 0.500. The van der Waals surface area contributed by atoms with E-state index in [4.69, 9.17) is 9.47 Å². The molecule has 0 aliphatic rings. The first-order chi connectivity index (χ1) is 8.22. The smallest absolute Gasteiger partial charge is 0.162 e. The fourth-order valence-electron chi connectivity index (χ4n) is 1.49. The number of ether oxygens (including phenoxy) is 2. The number of methoxy groups -OCH3 is 1. The SMILES string of the molecule is CCCCOc1cc(C(=O)CC)ccc1OC. The summed E-state index contributed by atoms with van der Waals surface area (Å²) in [5, 5.41) is 0. The highest BCUT2D eigenvalue weighted by Gasteiger charge is 2.09. The maximum Gasteiger partial charge on any atom is 0.162 e. The molecule has 1 aromatic carbocycles. The quantitative estimate of drug-likeness (QED) is 0.537. The Morgan fingerprint density at radius 1 is 1.24 bits per heavy atom. The van der Waals surface area contributed by atoms with Crippen LogP contribution >= 0.6 is 0 Å². The molecule has 0 heterocycles. The van der Waals surface area contributed by atoms with E-state index in [0.29, 0.717) is 30.1 Å². The molecule has 0 radical (unpaired) electrons. The second-order valence-electron chi connectivity index (χ2n) is 3.84. The van der Waals surface area contributed by atoms with Crippen molar-refractivity contribution in [3.8, 4) is 11.5 Å². The van der Waals surface area contributed by atoms with Crippen LogP contribution in [0.1, 0.15) is 43.5 Å². The van der Waals surface area contributed by atoms with E-state index in [9.17, 15) is 4.79 Å². The zero-order chi connectivity index (χ0) is 12.7. The largest absolute Gasteiger partial charge is 0.493 e. The van der Waals surface area contributed by atoms with Crippen LogP contribution in [0.4, 0.5) is 0 Å². The molecule has 3 heteroatoms. The van der Waals surface area contributed by atoms with E-state index in [-0.39, 0.29) is 5.78 Å². The minimum atomic E-state index is 0.119. The van der Waals surface area contributed by atoms with Gasteiger partial charge in [0.05, 0.1) is 13.7 Å². The minimum absolute atomic E-state index is 0.119. The highest BCUT2D eigenvalue weighted by Crippen LogP contribution is 2.28. The summed E-state index contributed by atoms with van der Waals surface area (Å²) in [7, 11) is 1.60. The molecule has 0 spiro atoms. The van der Waals surface area contributed by atoms with Crippen LogP contribution in [0.25, 0.3) is 0 Å². The molecular formula is C14H20O3. The topological polar surface area (TPSA) is 35.5 Å². The van der Waals surface area contributed by atoms with Crippen LogP contribution in [0.3, 0.4) is 0 Å². The molecule has 1 aromatic rings. The van der Waals surface area contributed by atoms with Crippen molar-refractivity contribution in [1.29, 1.82) is 0 Å². The average molecular weight is 236 g/mol. The number of rotatable bonds is 7. The zero-order valence-corrected chi connectivity index (χ0v) is 10.8. The van der Waals surface area contributed by atoms with Crippen LogP contribution in [-0.2, 0) is 0 Å². The van der Waals surface area contributed by atoms with Gasteiger partial charge < -0.3 is 9.47 Å². The molecule has 0 unspecified atom stereocenters. The summed E-state index contributed by atoms with van der Waals surface area (Å²) in [6.07, 6.45) is 2.58. The van der Waals surface area contributed by atoms with Crippen LogP contribution in [-0.4, -0.2) is 19.5 Å². The van der Waals surface area contributed by atoms with Crippen molar-refractivity contribution < 1.29 is 14.3 Å². The number of benzene rings is 1. The lowest BCUT2D eigenvalue weighted by Crippen LogP contribution is -2.02. The minimum Gasteiger partial charge on any atom is -0.493 e. The Bertz CT molecular complexity index is 372. The Morgan fingerprint density at radius 3 is 2.59 bits per heavy atom. The van der Waals surface area contributed by atoms with E-state index in [0.717, 1.165) is 12.8 Å². The van der Waals surface area contributed by atoms with Gasteiger partial charge in [-0.2, -0.15) is 0 Å². The molecule has 0 aromatic heterocycles. The average Bonchev–Trinajstić information content (AvgIpc) is 2.38. The Kier molecular flexibility index (Phi) is 5.53. The van der Waals surface area contributed by atoms with E-state index < -0.39 is 0 Å². The lowest BCUT2D eigenvalue weighted by atomic mass is 10.1. The predicted octanol–water partition coefficient (Wildman–Crippen LogP) is 3.47. The first-order valence-corrected chi connectivity index (χ1v) is 6.07. The van der Waals surface area contributed by atoms with Crippen molar-refractivity contribution in [2.24, 2.45) is 0 Å². The monoisotopic (exact) mass is 236 g/mol. The highest BCUT2D eigenvalue weighted by atomic mass is 16.5. The predicted molar refractivity (Wildman–Crippen MR) is 68.0 cm³/mol. The molecule has 17 heavy (non-hydrogen) atoms. The maximum atomic E-state index is 11.6. The van der Waals surface area contributed by atoms with Gasteiger partial charge in [-0.1, -0.05) is 20.3 Å². The molecule has 0 aliphatic heterocycles. The van der Waals surface area contributed by atoms with Gasteiger partial charge in [0.15, 0.2) is 17.3 Å². The Hall–Kier alpha value is -1.51. The van der Waals surface area contributed by atoms with Crippen molar-refractivity contribution in [2.45, 2.75) is 33.1 Å². The summed E-state index contributed by atoms with van der Waals surface area (Å²) < 4.78 is 10.8. The summed E-state index contributed by atoms with van der Waals surface area (Å²) in [5.41, 5.74) is 0.680. The van der Waals surface area contributed by atoms with E-state index >= 15 is 0 Å². The third-order valence-corrected chi connectivity index (χ3v) is 2.56. The molecule has 0 saturated heterocycles. The summed E-state index contributed by atoms with van der Waals surface area (Å²) in [4.78, 5) is 11.6. The number of Topliss-reactive ketones (excluding diaryl/α,β-unsaturated/α-hetero) is 1. The van der Waals surface area contributed by atoms with Crippen molar-refractivity contribution in [2.75, 3.05) is 13.7 Å². The van der Waals surface area contributed by atoms with Crippen LogP contribution in [0.2, 0.25) is 0 Å². The molecule has 0 N–H and O–H groups in total. The number of carbonyl (C=O) groups excluding carboxylic acids is 1. The Labute approximate surface area is 103 Å². The lowest BCUT2D eigenvalue weighted by Gasteiger charge is -2.11. The molecule has 0 fully saturated rings. The van der Waals surface area contributed by atoms with Crippen LogP contribution in [0, 0.1) is 0 Å². The molecule has 0 saturated carbocycles. The fourth-order valence-corrected chi connectivity index (χ4v) is 1.49. The molecule has 0 amide bonds. The van der Waals surface area contributed by atoms with Crippen molar-refractivity contribution in [3.63, 3.8) is 0 Å². The first-order valence-electron chi connectivity index (χ1n) is 6.07. The van der Waals surface area contributed by atoms with E-state index in [1.165, 1.54) is 0 Å². The number of carbonyl (C=O) groups is 1. The van der Waals surface area contributed by atoms with Crippen molar-refractivity contribution in [3.05, 3.63) is 23.8 Å². The van der Waals surface area contributed by atoms with E-state index in [1.807, 2.05) is 6.92 Å². The zero-order valence-electron chi connectivity index (χ0n) is 10.8. The molecule has 1 rings (SSSR count). The molecule has 3 nitrogen and oxygen atoms in total. The summed E-state index contributed by atoms with van der Waals surface area (Å²) in [5.74, 6) is 1.45. The number of hydrogen-bond donors (Lipinski definition) is 0. The van der Waals surface area contributed by atoms with Gasteiger partial charge in [0.1, 0.15) is 0 Å². The number of unbranched alkanes of at least 4 members (excludes halogenated alkanes) is 1. The molecule has 94 valence electrons. The third kappa shape index (κ3) is 3.77. The van der Waals surface area contributed by atoms with Gasteiger partial charge in [0, 0.05) is 12.0 Å². The molecule has 0 bridgehead atoms. The normalized spacial score (nSPS) is 10.1. The van der Waals surface area contributed by atoms with Crippen LogP contribution < -0.4 is 9.47 Å². The van der Waals surface area contributed by atoms with Crippen LogP contribution in [0.15, 0.2) is 18.2 Å². The highest BCUT2D eigenvalue weighted by molar-refractivity contribution is 5.96. The van der Waals surface area contributed by atoms with Gasteiger partial charge in [-0.05, 0) is 24.6 Å². The number of hydrogen-bond acceptors (Lipinski definition) is 3. The Morgan fingerprint density at radius 2 is 2.00 bits per heavy atom. The number of ketones is 1. The van der Waals surface area contributed by atoms with Gasteiger partial charge in [0.2, 0.25) is 0 Å². The van der Waals surface area contributed by atoms with Crippen molar-refractivity contribution in [1.82, 2.24) is 0 Å². The summed E-state index contributed by atoms with van der Waals surface area (Å²) in [6, 6.07) is 5.32. The Balaban J connectivity index is 2.86. The van der Waals surface area contributed by atoms with Gasteiger partial charge in [0.25, 0.3) is 0 Å². The van der Waals surface area contributed by atoms with E-state index in [1.54, 1.807) is 25.3 Å². The summed E-state index contributed by atoms with van der Waals surface area (Å²) in [6.45, 7) is 4.61. The van der Waals surface area contributed by atoms with Crippen molar-refractivity contribution >= 4 is 5.78 Å². The molecule has 0 aliphatic carbocycles. The third-order valence-electron chi connectivity index (χ3n) is 2.56. The second-order valence-corrected chi connectivity index (χ2v) is 3.84. The van der Waals surface area contributed by atoms with Gasteiger partial charge in [-0.25, -0.2) is 0 Å². The summed E-state index contributed by atoms with van der Waals surface area (Å²) >= 11 is 0. The standard InChI is InChI=1S/C14H20O3/c1-4-6-9-17-14-10-11(12(15)5-2)7-8-13(14)16-3/h7-8,10H,4-6,9H2,1-3H3. The van der Waals surface area contributed by atoms with E-state index in [2.05, 4.69) is 6.92 Å². The maximum absolute atomic E-state index is 11.6. The first kappa shape index (κ1) is 13.6. The molecular weight excluding hydrogens is 216 g/mol.